The Morgan fingerprint density at radius 3 is 2.24 bits per heavy atom. The summed E-state index contributed by atoms with van der Waals surface area (Å²) in [5, 5.41) is 1.41. The second-order valence-corrected chi connectivity index (χ2v) is 11.5. The lowest BCUT2D eigenvalue weighted by Crippen LogP contribution is -2.50. The van der Waals surface area contributed by atoms with Gasteiger partial charge in [-0.2, -0.15) is 0 Å². The zero-order chi connectivity index (χ0) is 22.0. The zero-order valence-electron chi connectivity index (χ0n) is 18.2. The second-order valence-electron chi connectivity index (χ2n) is 9.34. The average molecular weight is 424 g/mol. The van der Waals surface area contributed by atoms with Gasteiger partial charge in [-0.3, -0.25) is 9.59 Å². The molecule has 0 aromatic heterocycles. The van der Waals surface area contributed by atoms with E-state index in [1.165, 1.54) is 0 Å². The van der Waals surface area contributed by atoms with Crippen LogP contribution < -0.4 is 5.32 Å². The molecule has 1 amide bonds. The summed E-state index contributed by atoms with van der Waals surface area (Å²) in [5.41, 5.74) is 1.74. The van der Waals surface area contributed by atoms with E-state index in [0.29, 0.717) is 5.56 Å². The first-order valence-electron chi connectivity index (χ1n) is 10.1. The lowest BCUT2D eigenvalue weighted by Gasteiger charge is -2.23. The Kier molecular flexibility index (Phi) is 7.28. The highest BCUT2D eigenvalue weighted by molar-refractivity contribution is 7.92. The molecule has 1 saturated heterocycles. The molecule has 6 nitrogen and oxygen atoms in total. The molecule has 7 heteroatoms. The normalized spacial score (nSPS) is 21.4. The number of benzene rings is 1. The van der Waals surface area contributed by atoms with Crippen LogP contribution in [0.2, 0.25) is 0 Å². The fourth-order valence-electron chi connectivity index (χ4n) is 3.38. The number of nitrogens with one attached hydrogen (secondary N) is 1. The summed E-state index contributed by atoms with van der Waals surface area (Å²) in [7, 11) is -3.76. The quantitative estimate of drug-likeness (QED) is 0.728. The van der Waals surface area contributed by atoms with Crippen LogP contribution in [-0.4, -0.2) is 44.1 Å². The SMILES string of the molecule is CC(C)C[C@@H](C(=O)N[C@H]1C(=O)COC1C)S(=O)(=O)Cc1ccc(C(C)(C)C)cc1. The minimum absolute atomic E-state index is 0.0109. The fraction of sp³-hybridized carbons (Fsp3) is 0.636. The first-order valence-corrected chi connectivity index (χ1v) is 11.8. The number of Topliss-reactive ketones (excluding diaryl/α,β-unsaturated/α-hetero) is 1. The molecule has 1 heterocycles. The number of rotatable bonds is 7. The highest BCUT2D eigenvalue weighted by Gasteiger charge is 2.39. The number of hydrogen-bond acceptors (Lipinski definition) is 5. The van der Waals surface area contributed by atoms with Crippen LogP contribution in [0.4, 0.5) is 0 Å². The van der Waals surface area contributed by atoms with E-state index in [4.69, 9.17) is 4.74 Å². The van der Waals surface area contributed by atoms with Gasteiger partial charge in [-0.25, -0.2) is 8.42 Å². The smallest absolute Gasteiger partial charge is 0.239 e. The predicted octanol–water partition coefficient (Wildman–Crippen LogP) is 2.79. The molecule has 0 radical (unpaired) electrons. The van der Waals surface area contributed by atoms with Crippen molar-refractivity contribution in [1.82, 2.24) is 5.32 Å². The van der Waals surface area contributed by atoms with E-state index in [0.717, 1.165) is 5.56 Å². The molecule has 1 aliphatic rings. The van der Waals surface area contributed by atoms with Crippen molar-refractivity contribution in [2.75, 3.05) is 6.61 Å². The first kappa shape index (κ1) is 23.5. The van der Waals surface area contributed by atoms with Gasteiger partial charge in [0, 0.05) is 0 Å². The number of sulfone groups is 1. The minimum Gasteiger partial charge on any atom is -0.368 e. The Bertz CT molecular complexity index is 837. The second kappa shape index (κ2) is 8.96. The van der Waals surface area contributed by atoms with E-state index < -0.39 is 33.1 Å². The maximum absolute atomic E-state index is 13.1. The largest absolute Gasteiger partial charge is 0.368 e. The van der Waals surface area contributed by atoms with Crippen molar-refractivity contribution in [1.29, 1.82) is 0 Å². The lowest BCUT2D eigenvalue weighted by atomic mass is 9.87. The molecule has 2 rings (SSSR count). The summed E-state index contributed by atoms with van der Waals surface area (Å²) in [5.74, 6) is -1.06. The number of ketones is 1. The third kappa shape index (κ3) is 6.12. The van der Waals surface area contributed by atoms with E-state index >= 15 is 0 Å². The molecule has 1 unspecified atom stereocenters. The zero-order valence-corrected chi connectivity index (χ0v) is 19.0. The molecule has 1 aromatic carbocycles. The molecule has 0 bridgehead atoms. The van der Waals surface area contributed by atoms with Crippen molar-refractivity contribution in [2.24, 2.45) is 5.92 Å². The van der Waals surface area contributed by atoms with Crippen LogP contribution in [0.3, 0.4) is 0 Å². The van der Waals surface area contributed by atoms with Gasteiger partial charge < -0.3 is 10.1 Å². The van der Waals surface area contributed by atoms with Gasteiger partial charge in [0.1, 0.15) is 17.9 Å². The van der Waals surface area contributed by atoms with E-state index in [1.54, 1.807) is 19.1 Å². The Balaban J connectivity index is 2.21. The summed E-state index contributed by atoms with van der Waals surface area (Å²) in [6, 6.07) is 6.67. The Morgan fingerprint density at radius 1 is 1.21 bits per heavy atom. The molecule has 1 fully saturated rings. The molecule has 0 spiro atoms. The van der Waals surface area contributed by atoms with Crippen molar-refractivity contribution < 1.29 is 22.7 Å². The van der Waals surface area contributed by atoms with Gasteiger partial charge in [-0.1, -0.05) is 58.9 Å². The summed E-state index contributed by atoms with van der Waals surface area (Å²) < 4.78 is 31.5. The van der Waals surface area contributed by atoms with Crippen molar-refractivity contribution in [3.63, 3.8) is 0 Å². The standard InChI is InChI=1S/C22H33NO5S/c1-14(2)11-19(21(25)23-20-15(3)28-12-18(20)24)29(26,27)13-16-7-9-17(10-8-16)22(4,5)6/h7-10,14-15,19-20H,11-13H2,1-6H3,(H,23,25)/t15?,19-,20+/m0/s1. The van der Waals surface area contributed by atoms with E-state index in [9.17, 15) is 18.0 Å². The fourth-order valence-corrected chi connectivity index (χ4v) is 5.31. The Hall–Kier alpha value is -1.73. The number of carbonyl (C=O) groups is 2. The molecule has 1 N–H and O–H groups in total. The maximum Gasteiger partial charge on any atom is 0.239 e. The minimum atomic E-state index is -3.76. The average Bonchev–Trinajstić information content (AvgIpc) is 2.90. The Labute approximate surface area is 174 Å². The number of amides is 1. The van der Waals surface area contributed by atoms with E-state index in [-0.39, 0.29) is 35.9 Å². The van der Waals surface area contributed by atoms with Crippen LogP contribution in [0.5, 0.6) is 0 Å². The molecule has 1 aliphatic heterocycles. The van der Waals surface area contributed by atoms with Crippen LogP contribution in [-0.2, 0) is 35.3 Å². The van der Waals surface area contributed by atoms with Gasteiger partial charge in [0.25, 0.3) is 0 Å². The third-order valence-corrected chi connectivity index (χ3v) is 7.21. The van der Waals surface area contributed by atoms with Crippen molar-refractivity contribution in [2.45, 2.75) is 76.5 Å². The van der Waals surface area contributed by atoms with Gasteiger partial charge >= 0.3 is 0 Å². The highest BCUT2D eigenvalue weighted by Crippen LogP contribution is 2.24. The molecule has 29 heavy (non-hydrogen) atoms. The van der Waals surface area contributed by atoms with Gasteiger partial charge in [-0.15, -0.1) is 0 Å². The van der Waals surface area contributed by atoms with Crippen LogP contribution in [0.1, 0.15) is 59.1 Å². The molecular formula is C22H33NO5S. The lowest BCUT2D eigenvalue weighted by molar-refractivity contribution is -0.126. The number of carbonyl (C=O) groups excluding carboxylic acids is 2. The number of ether oxygens (including phenoxy) is 1. The maximum atomic E-state index is 13.1. The van der Waals surface area contributed by atoms with Gasteiger partial charge in [0.2, 0.25) is 5.91 Å². The summed E-state index contributed by atoms with van der Waals surface area (Å²) in [6.45, 7) is 11.7. The van der Waals surface area contributed by atoms with Gasteiger partial charge in [-0.05, 0) is 35.8 Å². The van der Waals surface area contributed by atoms with Crippen LogP contribution >= 0.6 is 0 Å². The summed E-state index contributed by atoms with van der Waals surface area (Å²) >= 11 is 0. The summed E-state index contributed by atoms with van der Waals surface area (Å²) in [4.78, 5) is 24.8. The molecule has 0 aliphatic carbocycles. The highest BCUT2D eigenvalue weighted by atomic mass is 32.2. The molecule has 0 saturated carbocycles. The topological polar surface area (TPSA) is 89.5 Å². The molecule has 162 valence electrons. The molecule has 3 atom stereocenters. The summed E-state index contributed by atoms with van der Waals surface area (Å²) in [6.07, 6.45) is -0.261. The van der Waals surface area contributed by atoms with Crippen LogP contribution in [0.25, 0.3) is 0 Å². The van der Waals surface area contributed by atoms with Crippen molar-refractivity contribution in [3.8, 4) is 0 Å². The number of hydrogen-bond donors (Lipinski definition) is 1. The molecular weight excluding hydrogens is 390 g/mol. The van der Waals surface area contributed by atoms with E-state index in [2.05, 4.69) is 26.1 Å². The van der Waals surface area contributed by atoms with Crippen LogP contribution in [0.15, 0.2) is 24.3 Å². The third-order valence-electron chi connectivity index (χ3n) is 5.20. The van der Waals surface area contributed by atoms with E-state index in [1.807, 2.05) is 26.0 Å². The molecule has 1 aromatic rings. The Morgan fingerprint density at radius 2 is 1.79 bits per heavy atom. The van der Waals surface area contributed by atoms with Crippen molar-refractivity contribution >= 4 is 21.5 Å². The van der Waals surface area contributed by atoms with Gasteiger partial charge in [0.05, 0.1) is 11.9 Å². The van der Waals surface area contributed by atoms with Crippen molar-refractivity contribution in [3.05, 3.63) is 35.4 Å². The predicted molar refractivity (Wildman–Crippen MR) is 113 cm³/mol. The first-order chi connectivity index (χ1) is 13.3. The van der Waals surface area contributed by atoms with Crippen LogP contribution in [0, 0.1) is 5.92 Å². The monoisotopic (exact) mass is 423 g/mol. The van der Waals surface area contributed by atoms with Gasteiger partial charge in [0.15, 0.2) is 15.6 Å².